The molecule has 0 aliphatic rings. The van der Waals surface area contributed by atoms with Crippen LogP contribution in [0.5, 0.6) is 5.75 Å². The lowest BCUT2D eigenvalue weighted by atomic mass is 10.1. The number of aromatic nitrogens is 2. The van der Waals surface area contributed by atoms with Crippen molar-refractivity contribution in [2.45, 2.75) is 20.0 Å². The molecule has 1 atom stereocenters. The Morgan fingerprint density at radius 2 is 1.89 bits per heavy atom. The van der Waals surface area contributed by atoms with Crippen molar-refractivity contribution in [3.8, 4) is 17.2 Å². The van der Waals surface area contributed by atoms with E-state index in [0.717, 1.165) is 0 Å². The molecule has 1 heterocycles. The molecule has 0 aliphatic carbocycles. The fourth-order valence-corrected chi connectivity index (χ4v) is 2.57. The molecule has 0 bridgehead atoms. The number of nitro benzene ring substituents is 1. The van der Waals surface area contributed by atoms with E-state index in [9.17, 15) is 14.9 Å². The molecule has 0 aliphatic heterocycles. The first-order valence-corrected chi connectivity index (χ1v) is 8.33. The fourth-order valence-electron chi connectivity index (χ4n) is 2.57. The molecule has 0 amide bonds. The number of carbonyl (C=O) groups excluding carboxylic acids is 1. The van der Waals surface area contributed by atoms with Gasteiger partial charge in [-0.2, -0.15) is 0 Å². The van der Waals surface area contributed by atoms with Crippen LogP contribution in [0.2, 0.25) is 0 Å². The third-order valence-corrected chi connectivity index (χ3v) is 4.13. The van der Waals surface area contributed by atoms with Crippen LogP contribution in [0.25, 0.3) is 11.5 Å². The standard InChI is InChI=1S/C19H17N3O6/c1-11-15(5-4-6-16(11)22(24)25)19(23)27-12(2)17-20-21-18(28-17)13-7-9-14(26-3)10-8-13/h4-10,12H,1-3H3/t12-/m0/s1. The van der Waals surface area contributed by atoms with E-state index in [1.807, 2.05) is 0 Å². The normalized spacial score (nSPS) is 11.7. The van der Waals surface area contributed by atoms with Gasteiger partial charge >= 0.3 is 5.97 Å². The number of benzene rings is 2. The lowest BCUT2D eigenvalue weighted by molar-refractivity contribution is -0.385. The number of hydrogen-bond acceptors (Lipinski definition) is 8. The number of methoxy groups -OCH3 is 1. The molecular formula is C19H17N3O6. The second-order valence-corrected chi connectivity index (χ2v) is 5.93. The average Bonchev–Trinajstić information content (AvgIpc) is 3.18. The van der Waals surface area contributed by atoms with E-state index in [1.54, 1.807) is 38.3 Å². The molecule has 144 valence electrons. The highest BCUT2D eigenvalue weighted by molar-refractivity contribution is 5.92. The monoisotopic (exact) mass is 383 g/mol. The van der Waals surface area contributed by atoms with E-state index in [4.69, 9.17) is 13.9 Å². The number of nitrogens with zero attached hydrogens (tertiary/aromatic N) is 3. The Balaban J connectivity index is 1.75. The summed E-state index contributed by atoms with van der Waals surface area (Å²) in [5.74, 6) is 0.366. The molecule has 0 spiro atoms. The summed E-state index contributed by atoms with van der Waals surface area (Å²) >= 11 is 0. The summed E-state index contributed by atoms with van der Waals surface area (Å²) in [6, 6.07) is 11.3. The molecule has 3 aromatic rings. The Labute approximate surface area is 160 Å². The Hall–Kier alpha value is -3.75. The summed E-state index contributed by atoms with van der Waals surface area (Å²) in [6.07, 6.45) is -0.828. The molecule has 2 aromatic carbocycles. The predicted octanol–water partition coefficient (Wildman–Crippen LogP) is 3.88. The first-order chi connectivity index (χ1) is 13.4. The van der Waals surface area contributed by atoms with Gasteiger partial charge in [-0.1, -0.05) is 6.07 Å². The minimum Gasteiger partial charge on any atom is -0.497 e. The van der Waals surface area contributed by atoms with Gasteiger partial charge in [-0.15, -0.1) is 10.2 Å². The molecule has 0 unspecified atom stereocenters. The topological polar surface area (TPSA) is 118 Å². The van der Waals surface area contributed by atoms with Gasteiger partial charge in [0.15, 0.2) is 6.10 Å². The lowest BCUT2D eigenvalue weighted by Gasteiger charge is -2.11. The van der Waals surface area contributed by atoms with Crippen LogP contribution in [-0.2, 0) is 4.74 Å². The molecule has 0 radical (unpaired) electrons. The van der Waals surface area contributed by atoms with Crippen LogP contribution in [0.3, 0.4) is 0 Å². The number of esters is 1. The van der Waals surface area contributed by atoms with Gasteiger partial charge in [-0.3, -0.25) is 10.1 Å². The zero-order chi connectivity index (χ0) is 20.3. The summed E-state index contributed by atoms with van der Waals surface area (Å²) in [7, 11) is 1.57. The zero-order valence-corrected chi connectivity index (χ0v) is 15.4. The van der Waals surface area contributed by atoms with Crippen molar-refractivity contribution in [1.29, 1.82) is 0 Å². The average molecular weight is 383 g/mol. The maximum Gasteiger partial charge on any atom is 0.339 e. The van der Waals surface area contributed by atoms with Crippen molar-refractivity contribution in [3.05, 3.63) is 69.6 Å². The second-order valence-electron chi connectivity index (χ2n) is 5.93. The molecule has 28 heavy (non-hydrogen) atoms. The number of nitro groups is 1. The fraction of sp³-hybridized carbons (Fsp3) is 0.211. The van der Waals surface area contributed by atoms with Crippen molar-refractivity contribution in [3.63, 3.8) is 0 Å². The van der Waals surface area contributed by atoms with Crippen molar-refractivity contribution in [2.24, 2.45) is 0 Å². The summed E-state index contributed by atoms with van der Waals surface area (Å²) in [5.41, 5.74) is 0.874. The summed E-state index contributed by atoms with van der Waals surface area (Å²) < 4.78 is 16.0. The minimum absolute atomic E-state index is 0.107. The molecule has 9 heteroatoms. The summed E-state index contributed by atoms with van der Waals surface area (Å²) in [5, 5.41) is 18.9. The van der Waals surface area contributed by atoms with Gasteiger partial charge in [-0.25, -0.2) is 4.79 Å². The van der Waals surface area contributed by atoms with E-state index in [2.05, 4.69) is 10.2 Å². The minimum atomic E-state index is -0.828. The van der Waals surface area contributed by atoms with Crippen molar-refractivity contribution < 1.29 is 23.6 Å². The van der Waals surface area contributed by atoms with Crippen molar-refractivity contribution in [2.75, 3.05) is 7.11 Å². The lowest BCUT2D eigenvalue weighted by Crippen LogP contribution is -2.11. The summed E-state index contributed by atoms with van der Waals surface area (Å²) in [6.45, 7) is 3.07. The van der Waals surface area contributed by atoms with Gasteiger partial charge in [0.1, 0.15) is 5.75 Å². The van der Waals surface area contributed by atoms with Gasteiger partial charge in [0.25, 0.3) is 11.6 Å². The Bertz CT molecular complexity index is 1010. The SMILES string of the molecule is COc1ccc(-c2nnc([C@H](C)OC(=O)c3cccc([N+](=O)[O-])c3C)o2)cc1. The third-order valence-electron chi connectivity index (χ3n) is 4.13. The van der Waals surface area contributed by atoms with E-state index >= 15 is 0 Å². The quantitative estimate of drug-likeness (QED) is 0.357. The molecule has 0 saturated carbocycles. The van der Waals surface area contributed by atoms with Crippen LogP contribution >= 0.6 is 0 Å². The van der Waals surface area contributed by atoms with Gasteiger partial charge in [0, 0.05) is 17.2 Å². The number of hydrogen-bond donors (Lipinski definition) is 0. The van der Waals surface area contributed by atoms with Crippen molar-refractivity contribution in [1.82, 2.24) is 10.2 Å². The Kier molecular flexibility index (Phi) is 5.35. The number of rotatable bonds is 6. The molecule has 3 rings (SSSR count). The third kappa shape index (κ3) is 3.83. The Morgan fingerprint density at radius 3 is 2.54 bits per heavy atom. The first kappa shape index (κ1) is 19.0. The van der Waals surface area contributed by atoms with Crippen LogP contribution in [0.4, 0.5) is 5.69 Å². The maximum atomic E-state index is 12.4. The first-order valence-electron chi connectivity index (χ1n) is 8.33. The molecule has 0 N–H and O–H groups in total. The van der Waals surface area contributed by atoms with E-state index in [0.29, 0.717) is 11.3 Å². The van der Waals surface area contributed by atoms with E-state index in [1.165, 1.54) is 25.1 Å². The summed E-state index contributed by atoms with van der Waals surface area (Å²) in [4.78, 5) is 22.9. The second kappa shape index (κ2) is 7.87. The van der Waals surface area contributed by atoms with Gasteiger partial charge in [-0.05, 0) is 44.2 Å². The molecule has 0 saturated heterocycles. The van der Waals surface area contributed by atoms with Crippen LogP contribution in [0, 0.1) is 17.0 Å². The highest BCUT2D eigenvalue weighted by atomic mass is 16.6. The van der Waals surface area contributed by atoms with E-state index < -0.39 is 17.0 Å². The van der Waals surface area contributed by atoms with Gasteiger partial charge in [0.05, 0.1) is 17.6 Å². The largest absolute Gasteiger partial charge is 0.497 e. The number of ether oxygens (including phenoxy) is 2. The van der Waals surface area contributed by atoms with Crippen molar-refractivity contribution >= 4 is 11.7 Å². The van der Waals surface area contributed by atoms with E-state index in [-0.39, 0.29) is 28.6 Å². The highest BCUT2D eigenvalue weighted by Crippen LogP contribution is 2.26. The predicted molar refractivity (Wildman–Crippen MR) is 97.9 cm³/mol. The Morgan fingerprint density at radius 1 is 1.18 bits per heavy atom. The molecular weight excluding hydrogens is 366 g/mol. The van der Waals surface area contributed by atoms with Crippen LogP contribution in [-0.4, -0.2) is 28.2 Å². The van der Waals surface area contributed by atoms with Gasteiger partial charge < -0.3 is 13.9 Å². The van der Waals surface area contributed by atoms with Gasteiger partial charge in [0.2, 0.25) is 5.89 Å². The molecule has 9 nitrogen and oxygen atoms in total. The molecule has 0 fully saturated rings. The maximum absolute atomic E-state index is 12.4. The van der Waals surface area contributed by atoms with Crippen LogP contribution < -0.4 is 4.74 Å². The number of carbonyl (C=O) groups is 1. The smallest absolute Gasteiger partial charge is 0.339 e. The highest BCUT2D eigenvalue weighted by Gasteiger charge is 2.23. The van der Waals surface area contributed by atoms with Crippen LogP contribution in [0.1, 0.15) is 34.8 Å². The molecule has 1 aromatic heterocycles. The zero-order valence-electron chi connectivity index (χ0n) is 15.4. The van der Waals surface area contributed by atoms with Crippen LogP contribution in [0.15, 0.2) is 46.9 Å².